The average molecular weight is 383 g/mol. The van der Waals surface area contributed by atoms with Gasteiger partial charge in [-0.2, -0.15) is 0 Å². The maximum absolute atomic E-state index is 12.5. The largest absolute Gasteiger partial charge is 0.485 e. The average Bonchev–Trinajstić information content (AvgIpc) is 3.11. The number of hydrogen-bond donors (Lipinski definition) is 1. The normalized spacial score (nSPS) is 14.4. The van der Waals surface area contributed by atoms with E-state index in [9.17, 15) is 4.79 Å². The molecule has 1 saturated carbocycles. The Balaban J connectivity index is 1.82. The fourth-order valence-corrected chi connectivity index (χ4v) is 3.05. The number of rotatable bonds is 5. The van der Waals surface area contributed by atoms with Crippen LogP contribution in [0.15, 0.2) is 18.5 Å². The fourth-order valence-electron chi connectivity index (χ4n) is 2.59. The molecule has 7 nitrogen and oxygen atoms in total. The van der Waals surface area contributed by atoms with E-state index in [-0.39, 0.29) is 33.4 Å². The molecular formula is C16H16Cl2N4O3. The number of halogens is 2. The molecule has 0 saturated heterocycles. The second kappa shape index (κ2) is 7.84. The number of nitrogens with zero attached hydrogens (tertiary/aromatic N) is 3. The number of amides is 1. The third-order valence-electron chi connectivity index (χ3n) is 3.84. The summed E-state index contributed by atoms with van der Waals surface area (Å²) < 4.78 is 11.1. The number of anilines is 1. The number of ether oxygens (including phenoxy) is 2. The first-order valence-corrected chi connectivity index (χ1v) is 8.53. The lowest BCUT2D eigenvalue weighted by Crippen LogP contribution is -2.17. The fraction of sp³-hybridized carbons (Fsp3) is 0.375. The first-order valence-electron chi connectivity index (χ1n) is 7.77. The third kappa shape index (κ3) is 4.11. The minimum atomic E-state index is -0.513. The molecule has 1 amide bonds. The van der Waals surface area contributed by atoms with E-state index in [0.717, 1.165) is 25.7 Å². The highest BCUT2D eigenvalue weighted by molar-refractivity contribution is 6.39. The van der Waals surface area contributed by atoms with Gasteiger partial charge in [0.05, 0.1) is 28.9 Å². The van der Waals surface area contributed by atoms with Crippen LogP contribution < -0.4 is 14.8 Å². The second-order valence-corrected chi connectivity index (χ2v) is 6.37. The standard InChI is InChI=1S/C16H16Cl2N4O3/c1-24-16-13(25-9-4-2-3-5-9)6-12(21-22-16)15(23)20-14-10(17)7-19-8-11(14)18/h6-9H,2-5H2,1H3,(H,19,20,23). The van der Waals surface area contributed by atoms with Crippen LogP contribution in [0.2, 0.25) is 10.0 Å². The van der Waals surface area contributed by atoms with Gasteiger partial charge in [-0.05, 0) is 25.7 Å². The summed E-state index contributed by atoms with van der Waals surface area (Å²) in [5.41, 5.74) is 0.331. The number of aromatic nitrogens is 3. The van der Waals surface area contributed by atoms with Crippen LogP contribution in [0.5, 0.6) is 11.6 Å². The van der Waals surface area contributed by atoms with Gasteiger partial charge in [-0.15, -0.1) is 10.2 Å². The van der Waals surface area contributed by atoms with Gasteiger partial charge in [0.1, 0.15) is 0 Å². The summed E-state index contributed by atoms with van der Waals surface area (Å²) in [6, 6.07) is 1.50. The molecule has 1 fully saturated rings. The van der Waals surface area contributed by atoms with Crippen molar-refractivity contribution in [2.45, 2.75) is 31.8 Å². The van der Waals surface area contributed by atoms with Gasteiger partial charge in [0.15, 0.2) is 11.4 Å². The Bertz CT molecular complexity index is 762. The molecule has 0 atom stereocenters. The summed E-state index contributed by atoms with van der Waals surface area (Å²) in [4.78, 5) is 16.3. The summed E-state index contributed by atoms with van der Waals surface area (Å²) in [6.45, 7) is 0. The topological polar surface area (TPSA) is 86.2 Å². The molecule has 9 heteroatoms. The molecule has 2 aromatic heterocycles. The second-order valence-electron chi connectivity index (χ2n) is 5.56. The van der Waals surface area contributed by atoms with Crippen molar-refractivity contribution in [2.24, 2.45) is 0 Å². The molecule has 3 rings (SSSR count). The third-order valence-corrected chi connectivity index (χ3v) is 4.41. The highest BCUT2D eigenvalue weighted by Crippen LogP contribution is 2.31. The summed E-state index contributed by atoms with van der Waals surface area (Å²) in [5.74, 6) is 0.117. The molecule has 0 bridgehead atoms. The van der Waals surface area contributed by atoms with E-state index in [0.29, 0.717) is 5.75 Å². The molecular weight excluding hydrogens is 367 g/mol. The summed E-state index contributed by atoms with van der Waals surface area (Å²) in [6.07, 6.45) is 7.05. The van der Waals surface area contributed by atoms with Crippen LogP contribution in [-0.2, 0) is 0 Å². The van der Waals surface area contributed by atoms with Crippen molar-refractivity contribution < 1.29 is 14.3 Å². The van der Waals surface area contributed by atoms with Crippen LogP contribution in [0, 0.1) is 0 Å². The zero-order chi connectivity index (χ0) is 17.8. The van der Waals surface area contributed by atoms with Crippen LogP contribution in [0.3, 0.4) is 0 Å². The molecule has 2 heterocycles. The Morgan fingerprint density at radius 3 is 2.52 bits per heavy atom. The van der Waals surface area contributed by atoms with Gasteiger partial charge in [0.2, 0.25) is 0 Å². The molecule has 0 unspecified atom stereocenters. The molecule has 0 aromatic carbocycles. The number of hydrogen-bond acceptors (Lipinski definition) is 6. The molecule has 1 aliphatic carbocycles. The summed E-state index contributed by atoms with van der Waals surface area (Å²) >= 11 is 12.0. The van der Waals surface area contributed by atoms with Crippen molar-refractivity contribution >= 4 is 34.8 Å². The van der Waals surface area contributed by atoms with E-state index in [1.165, 1.54) is 25.6 Å². The Kier molecular flexibility index (Phi) is 5.55. The molecule has 132 valence electrons. The predicted molar refractivity (Wildman–Crippen MR) is 93.7 cm³/mol. The van der Waals surface area contributed by atoms with Gasteiger partial charge in [-0.3, -0.25) is 9.78 Å². The highest BCUT2D eigenvalue weighted by Gasteiger charge is 2.22. The summed E-state index contributed by atoms with van der Waals surface area (Å²) in [7, 11) is 1.47. The van der Waals surface area contributed by atoms with Gasteiger partial charge >= 0.3 is 0 Å². The number of pyridine rings is 1. The number of carbonyl (C=O) groups is 1. The first-order chi connectivity index (χ1) is 12.1. The number of methoxy groups -OCH3 is 1. The molecule has 0 aliphatic heterocycles. The van der Waals surface area contributed by atoms with Gasteiger partial charge in [-0.25, -0.2) is 0 Å². The van der Waals surface area contributed by atoms with Crippen LogP contribution in [0.4, 0.5) is 5.69 Å². The predicted octanol–water partition coefficient (Wildman–Crippen LogP) is 3.76. The number of nitrogens with one attached hydrogen (secondary N) is 1. The Morgan fingerprint density at radius 1 is 1.20 bits per heavy atom. The van der Waals surface area contributed by atoms with E-state index >= 15 is 0 Å². The highest BCUT2D eigenvalue weighted by atomic mass is 35.5. The lowest BCUT2D eigenvalue weighted by atomic mass is 10.3. The Hall–Kier alpha value is -2.12. The van der Waals surface area contributed by atoms with E-state index in [1.807, 2.05) is 0 Å². The zero-order valence-corrected chi connectivity index (χ0v) is 15.0. The first kappa shape index (κ1) is 17.7. The van der Waals surface area contributed by atoms with Gasteiger partial charge in [-0.1, -0.05) is 23.2 Å². The van der Waals surface area contributed by atoms with E-state index in [2.05, 4.69) is 20.5 Å². The van der Waals surface area contributed by atoms with E-state index in [1.54, 1.807) is 0 Å². The molecule has 1 N–H and O–H groups in total. The van der Waals surface area contributed by atoms with E-state index < -0.39 is 5.91 Å². The molecule has 2 aromatic rings. The van der Waals surface area contributed by atoms with Gasteiger partial charge in [0.25, 0.3) is 11.8 Å². The Morgan fingerprint density at radius 2 is 1.88 bits per heavy atom. The van der Waals surface area contributed by atoms with Crippen molar-refractivity contribution in [3.05, 3.63) is 34.2 Å². The van der Waals surface area contributed by atoms with Crippen LogP contribution >= 0.6 is 23.2 Å². The smallest absolute Gasteiger partial charge is 0.276 e. The molecule has 0 spiro atoms. The molecule has 1 aliphatic rings. The molecule has 0 radical (unpaired) electrons. The van der Waals surface area contributed by atoms with Crippen molar-refractivity contribution in [2.75, 3.05) is 12.4 Å². The van der Waals surface area contributed by atoms with Crippen molar-refractivity contribution in [1.29, 1.82) is 0 Å². The minimum Gasteiger partial charge on any atom is -0.485 e. The minimum absolute atomic E-state index is 0.0674. The SMILES string of the molecule is COc1nnc(C(=O)Nc2c(Cl)cncc2Cl)cc1OC1CCCC1. The Labute approximate surface area is 154 Å². The lowest BCUT2D eigenvalue weighted by Gasteiger charge is -2.15. The van der Waals surface area contributed by atoms with Gasteiger partial charge in [0, 0.05) is 18.5 Å². The lowest BCUT2D eigenvalue weighted by molar-refractivity contribution is 0.101. The quantitative estimate of drug-likeness (QED) is 0.846. The van der Waals surface area contributed by atoms with Crippen molar-refractivity contribution in [3.63, 3.8) is 0 Å². The summed E-state index contributed by atoms with van der Waals surface area (Å²) in [5, 5.41) is 10.8. The maximum Gasteiger partial charge on any atom is 0.276 e. The van der Waals surface area contributed by atoms with Gasteiger partial charge < -0.3 is 14.8 Å². The zero-order valence-electron chi connectivity index (χ0n) is 13.5. The molecule has 25 heavy (non-hydrogen) atoms. The maximum atomic E-state index is 12.5. The van der Waals surface area contributed by atoms with E-state index in [4.69, 9.17) is 32.7 Å². The van der Waals surface area contributed by atoms with Crippen LogP contribution in [0.1, 0.15) is 36.2 Å². The number of carbonyl (C=O) groups excluding carboxylic acids is 1. The van der Waals surface area contributed by atoms with Crippen LogP contribution in [0.25, 0.3) is 0 Å². The monoisotopic (exact) mass is 382 g/mol. The van der Waals surface area contributed by atoms with Crippen molar-refractivity contribution in [3.8, 4) is 11.6 Å². The van der Waals surface area contributed by atoms with Crippen molar-refractivity contribution in [1.82, 2.24) is 15.2 Å². The van der Waals surface area contributed by atoms with Crippen LogP contribution in [-0.4, -0.2) is 34.3 Å².